The Hall–Kier alpha value is -2.51. The Morgan fingerprint density at radius 1 is 0.960 bits per heavy atom. The molecule has 0 bridgehead atoms. The Kier molecular flexibility index (Phi) is 3.70. The lowest BCUT2D eigenvalue weighted by Crippen LogP contribution is -1.96. The van der Waals surface area contributed by atoms with Gasteiger partial charge in [-0.1, -0.05) is 53.8 Å². The third-order valence-electron chi connectivity index (χ3n) is 3.90. The van der Waals surface area contributed by atoms with Crippen LogP contribution in [0.2, 0.25) is 0 Å². The van der Waals surface area contributed by atoms with Gasteiger partial charge in [0.1, 0.15) is 5.82 Å². The molecule has 0 N–H and O–H groups in total. The van der Waals surface area contributed by atoms with E-state index in [-0.39, 0.29) is 0 Å². The zero-order valence-corrected chi connectivity index (χ0v) is 15.3. The van der Waals surface area contributed by atoms with Crippen LogP contribution in [0.4, 0.5) is 0 Å². The van der Waals surface area contributed by atoms with Crippen molar-refractivity contribution in [3.05, 3.63) is 60.4 Å². The van der Waals surface area contributed by atoms with Crippen molar-refractivity contribution in [2.75, 3.05) is 6.26 Å². The molecule has 0 aliphatic carbocycles. The van der Waals surface area contributed by atoms with E-state index in [1.54, 1.807) is 23.5 Å². The van der Waals surface area contributed by atoms with E-state index in [1.165, 1.54) is 6.26 Å². The summed E-state index contributed by atoms with van der Waals surface area (Å²) in [6, 6.07) is 17.0. The number of hydrogen-bond acceptors (Lipinski definition) is 5. The highest BCUT2D eigenvalue weighted by Crippen LogP contribution is 2.39. The van der Waals surface area contributed by atoms with Gasteiger partial charge in [0.2, 0.25) is 4.96 Å². The summed E-state index contributed by atoms with van der Waals surface area (Å²) in [5.41, 5.74) is 2.95. The van der Waals surface area contributed by atoms with Gasteiger partial charge in [-0.05, 0) is 24.6 Å². The van der Waals surface area contributed by atoms with Gasteiger partial charge in [-0.2, -0.15) is 5.10 Å². The highest BCUT2D eigenvalue weighted by Gasteiger charge is 2.18. The number of nitrogens with zero attached hydrogens (tertiary/aromatic N) is 3. The summed E-state index contributed by atoms with van der Waals surface area (Å²) in [7, 11) is -3.21. The summed E-state index contributed by atoms with van der Waals surface area (Å²) in [4.78, 5) is 6.62. The van der Waals surface area contributed by atoms with Gasteiger partial charge < -0.3 is 0 Å². The molecular weight excluding hydrogens is 354 g/mol. The molecule has 7 heteroatoms. The average Bonchev–Trinajstić information content (AvgIpc) is 3.10. The molecule has 0 amide bonds. The Balaban J connectivity index is 1.94. The number of benzene rings is 2. The van der Waals surface area contributed by atoms with E-state index in [9.17, 15) is 8.42 Å². The van der Waals surface area contributed by atoms with E-state index in [2.05, 4.69) is 10.1 Å². The SMILES string of the molecule is Cc1nc2sc(-c3ccc(S(C)(=O)=O)cc3)c(-c3ccccc3)n2n1. The predicted octanol–water partition coefficient (Wildman–Crippen LogP) is 3.84. The molecule has 2 aromatic heterocycles. The molecule has 0 unspecified atom stereocenters. The molecule has 0 saturated carbocycles. The van der Waals surface area contributed by atoms with E-state index in [1.807, 2.05) is 53.9 Å². The largest absolute Gasteiger partial charge is 0.224 e. The maximum absolute atomic E-state index is 11.7. The average molecular weight is 369 g/mol. The molecule has 5 nitrogen and oxygen atoms in total. The van der Waals surface area contributed by atoms with Crippen LogP contribution >= 0.6 is 11.3 Å². The van der Waals surface area contributed by atoms with Crippen LogP contribution in [-0.2, 0) is 9.84 Å². The fourth-order valence-corrected chi connectivity index (χ4v) is 4.51. The molecule has 0 aliphatic heterocycles. The Morgan fingerprint density at radius 3 is 2.28 bits per heavy atom. The summed E-state index contributed by atoms with van der Waals surface area (Å²) in [6.07, 6.45) is 1.21. The van der Waals surface area contributed by atoms with Gasteiger partial charge in [0.05, 0.1) is 15.5 Å². The standard InChI is InChI=1S/C18H15N3O2S2/c1-12-19-18-21(20-12)16(13-6-4-3-5-7-13)17(24-18)14-8-10-15(11-9-14)25(2,22)23/h3-11H,1-2H3. The van der Waals surface area contributed by atoms with Crippen molar-refractivity contribution in [3.8, 4) is 21.7 Å². The van der Waals surface area contributed by atoms with Crippen LogP contribution in [0, 0.1) is 6.92 Å². The molecular formula is C18H15N3O2S2. The van der Waals surface area contributed by atoms with Gasteiger partial charge in [0.15, 0.2) is 9.84 Å². The van der Waals surface area contributed by atoms with Gasteiger partial charge in [-0.3, -0.25) is 0 Å². The van der Waals surface area contributed by atoms with Crippen LogP contribution in [0.25, 0.3) is 26.7 Å². The van der Waals surface area contributed by atoms with Crippen LogP contribution in [-0.4, -0.2) is 29.3 Å². The van der Waals surface area contributed by atoms with E-state index in [0.29, 0.717) is 4.90 Å². The van der Waals surface area contributed by atoms with E-state index in [0.717, 1.165) is 32.5 Å². The quantitative estimate of drug-likeness (QED) is 0.550. The molecule has 4 rings (SSSR count). The van der Waals surface area contributed by atoms with Crippen molar-refractivity contribution < 1.29 is 8.42 Å². The summed E-state index contributed by atoms with van der Waals surface area (Å²) in [6.45, 7) is 1.87. The lowest BCUT2D eigenvalue weighted by molar-refractivity contribution is 0.602. The summed E-state index contributed by atoms with van der Waals surface area (Å²) in [5, 5.41) is 4.51. The fourth-order valence-electron chi connectivity index (χ4n) is 2.74. The van der Waals surface area contributed by atoms with Crippen LogP contribution in [0.5, 0.6) is 0 Å². The van der Waals surface area contributed by atoms with Crippen LogP contribution in [0.1, 0.15) is 5.82 Å². The smallest absolute Gasteiger partial charge is 0.213 e. The van der Waals surface area contributed by atoms with Crippen LogP contribution < -0.4 is 0 Å². The Labute approximate surface area is 149 Å². The fraction of sp³-hybridized carbons (Fsp3) is 0.111. The maximum Gasteiger partial charge on any atom is 0.213 e. The van der Waals surface area contributed by atoms with E-state index < -0.39 is 9.84 Å². The predicted molar refractivity (Wildman–Crippen MR) is 99.6 cm³/mol. The van der Waals surface area contributed by atoms with Crippen molar-refractivity contribution in [3.63, 3.8) is 0 Å². The van der Waals surface area contributed by atoms with Gasteiger partial charge >= 0.3 is 0 Å². The normalized spacial score (nSPS) is 11.9. The van der Waals surface area contributed by atoms with Crippen molar-refractivity contribution in [1.29, 1.82) is 0 Å². The highest BCUT2D eigenvalue weighted by molar-refractivity contribution is 7.90. The summed E-state index contributed by atoms with van der Waals surface area (Å²) >= 11 is 1.55. The first-order valence-corrected chi connectivity index (χ1v) is 10.4. The third kappa shape index (κ3) is 2.85. The van der Waals surface area contributed by atoms with Crippen LogP contribution in [0.15, 0.2) is 59.5 Å². The molecule has 0 radical (unpaired) electrons. The van der Waals surface area contributed by atoms with E-state index in [4.69, 9.17) is 0 Å². The van der Waals surface area contributed by atoms with Gasteiger partial charge in [0.25, 0.3) is 0 Å². The summed E-state index contributed by atoms with van der Waals surface area (Å²) in [5.74, 6) is 0.724. The number of hydrogen-bond donors (Lipinski definition) is 0. The number of rotatable bonds is 3. The number of thiazole rings is 1. The zero-order valence-electron chi connectivity index (χ0n) is 13.7. The molecule has 0 saturated heterocycles. The Morgan fingerprint density at radius 2 is 1.64 bits per heavy atom. The van der Waals surface area contributed by atoms with Crippen molar-refractivity contribution >= 4 is 26.1 Å². The molecule has 25 heavy (non-hydrogen) atoms. The molecule has 0 spiro atoms. The lowest BCUT2D eigenvalue weighted by Gasteiger charge is -2.06. The van der Waals surface area contributed by atoms with Crippen molar-refractivity contribution in [2.24, 2.45) is 0 Å². The number of fused-ring (bicyclic) bond motifs is 1. The Bertz CT molecular complexity index is 1160. The molecule has 2 aromatic carbocycles. The number of aromatic nitrogens is 3. The first kappa shape index (κ1) is 16.0. The summed E-state index contributed by atoms with van der Waals surface area (Å²) < 4.78 is 25.2. The second-order valence-corrected chi connectivity index (χ2v) is 8.79. The maximum atomic E-state index is 11.7. The first-order chi connectivity index (χ1) is 11.9. The number of sulfone groups is 1. The highest BCUT2D eigenvalue weighted by atomic mass is 32.2. The second kappa shape index (κ2) is 5.79. The lowest BCUT2D eigenvalue weighted by atomic mass is 10.1. The minimum absolute atomic E-state index is 0.313. The van der Waals surface area contributed by atoms with E-state index >= 15 is 0 Å². The molecule has 0 atom stereocenters. The number of aryl methyl sites for hydroxylation is 1. The van der Waals surface area contributed by atoms with Crippen molar-refractivity contribution in [2.45, 2.75) is 11.8 Å². The molecule has 2 heterocycles. The topological polar surface area (TPSA) is 64.3 Å². The third-order valence-corrected chi connectivity index (χ3v) is 6.10. The molecule has 126 valence electrons. The van der Waals surface area contributed by atoms with Crippen LogP contribution in [0.3, 0.4) is 0 Å². The minimum Gasteiger partial charge on any atom is -0.224 e. The molecule has 0 fully saturated rings. The first-order valence-electron chi connectivity index (χ1n) is 7.65. The molecule has 4 aromatic rings. The monoisotopic (exact) mass is 369 g/mol. The minimum atomic E-state index is -3.21. The van der Waals surface area contributed by atoms with Gasteiger partial charge in [0, 0.05) is 11.8 Å². The zero-order chi connectivity index (χ0) is 17.6. The second-order valence-electron chi connectivity index (χ2n) is 5.80. The van der Waals surface area contributed by atoms with Crippen molar-refractivity contribution in [1.82, 2.24) is 14.6 Å². The van der Waals surface area contributed by atoms with Gasteiger partial charge in [-0.15, -0.1) is 0 Å². The molecule has 0 aliphatic rings. The van der Waals surface area contributed by atoms with Gasteiger partial charge in [-0.25, -0.2) is 17.9 Å².